The maximum atomic E-state index is 13.9. The number of hydrogen-bond donors (Lipinski definition) is 2. The van der Waals surface area contributed by atoms with E-state index in [9.17, 15) is 4.39 Å². The summed E-state index contributed by atoms with van der Waals surface area (Å²) in [5.41, 5.74) is 0.992. The van der Waals surface area contributed by atoms with Crippen LogP contribution >= 0.6 is 24.0 Å². The van der Waals surface area contributed by atoms with Crippen LogP contribution < -0.4 is 15.4 Å². The van der Waals surface area contributed by atoms with E-state index in [1.807, 2.05) is 6.07 Å². The zero-order chi connectivity index (χ0) is 22.1. The zero-order valence-corrected chi connectivity index (χ0v) is 22.2. The van der Waals surface area contributed by atoms with Crippen molar-refractivity contribution in [2.75, 3.05) is 46.9 Å². The average molecular weight is 562 g/mol. The minimum atomic E-state index is -0.290. The third kappa shape index (κ3) is 8.33. The lowest BCUT2D eigenvalue weighted by molar-refractivity contribution is 0.198. The molecule has 1 heterocycles. The molecule has 8 heteroatoms. The van der Waals surface area contributed by atoms with Crippen molar-refractivity contribution in [3.8, 4) is 5.75 Å². The van der Waals surface area contributed by atoms with Gasteiger partial charge in [-0.15, -0.1) is 24.0 Å². The highest BCUT2D eigenvalue weighted by molar-refractivity contribution is 14.0. The first-order valence-corrected chi connectivity index (χ1v) is 11.9. The van der Waals surface area contributed by atoms with Gasteiger partial charge in [-0.25, -0.2) is 4.39 Å². The summed E-state index contributed by atoms with van der Waals surface area (Å²) >= 11 is 0. The molecule has 182 valence electrons. The minimum absolute atomic E-state index is 0. The van der Waals surface area contributed by atoms with Crippen molar-refractivity contribution in [1.82, 2.24) is 20.4 Å². The van der Waals surface area contributed by atoms with Gasteiger partial charge in [-0.1, -0.05) is 18.9 Å². The molecule has 0 aromatic heterocycles. The van der Waals surface area contributed by atoms with Crippen molar-refractivity contribution in [3.63, 3.8) is 0 Å². The lowest BCUT2D eigenvalue weighted by atomic mass is 10.0. The Morgan fingerprint density at radius 1 is 1.22 bits per heavy atom. The number of rotatable bonds is 9. The normalized spacial score (nSPS) is 18.6. The van der Waals surface area contributed by atoms with E-state index >= 15 is 0 Å². The minimum Gasteiger partial charge on any atom is -0.494 e. The molecule has 0 amide bonds. The molecule has 1 aliphatic carbocycles. The third-order valence-electron chi connectivity index (χ3n) is 6.57. The number of likely N-dealkylation sites (N-methyl/N-ethyl adjacent to an activating group) is 1. The smallest absolute Gasteiger partial charge is 0.191 e. The van der Waals surface area contributed by atoms with Crippen LogP contribution in [-0.4, -0.2) is 74.7 Å². The molecule has 32 heavy (non-hydrogen) atoms. The zero-order valence-electron chi connectivity index (χ0n) is 19.9. The number of hydrogen-bond acceptors (Lipinski definition) is 4. The molecule has 1 aliphatic heterocycles. The largest absolute Gasteiger partial charge is 0.494 e. The lowest BCUT2D eigenvalue weighted by Gasteiger charge is -2.33. The number of methoxy groups -OCH3 is 1. The summed E-state index contributed by atoms with van der Waals surface area (Å²) in [4.78, 5) is 9.68. The first-order valence-electron chi connectivity index (χ1n) is 11.9. The molecule has 2 N–H and O–H groups in total. The highest BCUT2D eigenvalue weighted by Crippen LogP contribution is 2.22. The molecule has 0 spiro atoms. The Kier molecular flexibility index (Phi) is 12.0. The maximum absolute atomic E-state index is 13.9. The summed E-state index contributed by atoms with van der Waals surface area (Å²) in [5, 5.41) is 7.02. The number of benzene rings is 1. The number of piperidine rings is 1. The lowest BCUT2D eigenvalue weighted by Crippen LogP contribution is -2.48. The molecule has 0 bridgehead atoms. The quantitative estimate of drug-likeness (QED) is 0.273. The van der Waals surface area contributed by atoms with Gasteiger partial charge in [0.15, 0.2) is 17.5 Å². The van der Waals surface area contributed by atoms with Crippen LogP contribution in [0.5, 0.6) is 5.75 Å². The molecule has 2 fully saturated rings. The second-order valence-corrected chi connectivity index (χ2v) is 8.84. The molecular weight excluding hydrogens is 520 g/mol. The fourth-order valence-corrected chi connectivity index (χ4v) is 4.66. The summed E-state index contributed by atoms with van der Waals surface area (Å²) in [5.74, 6) is 0.941. The van der Waals surface area contributed by atoms with Gasteiger partial charge in [0, 0.05) is 44.8 Å². The van der Waals surface area contributed by atoms with E-state index in [-0.39, 0.29) is 29.8 Å². The van der Waals surface area contributed by atoms with Gasteiger partial charge >= 0.3 is 0 Å². The monoisotopic (exact) mass is 561 g/mol. The summed E-state index contributed by atoms with van der Waals surface area (Å²) in [6.07, 6.45) is 7.53. The molecule has 3 rings (SSSR count). The fraction of sp³-hybridized carbons (Fsp3) is 0.708. The number of guanidine groups is 1. The Morgan fingerprint density at radius 3 is 2.56 bits per heavy atom. The van der Waals surface area contributed by atoms with Gasteiger partial charge in [0.1, 0.15) is 0 Å². The Balaban J connectivity index is 0.00000363. The van der Waals surface area contributed by atoms with E-state index in [1.165, 1.54) is 32.8 Å². The number of halogens is 2. The van der Waals surface area contributed by atoms with Gasteiger partial charge in [-0.3, -0.25) is 9.89 Å². The van der Waals surface area contributed by atoms with Crippen molar-refractivity contribution < 1.29 is 9.13 Å². The van der Waals surface area contributed by atoms with Crippen molar-refractivity contribution >= 4 is 29.9 Å². The van der Waals surface area contributed by atoms with Crippen LogP contribution in [0.2, 0.25) is 0 Å². The Hall–Kier alpha value is -1.13. The Bertz CT molecular complexity index is 706. The van der Waals surface area contributed by atoms with Gasteiger partial charge in [0.05, 0.1) is 13.7 Å². The number of aliphatic imine (C=N–C) groups is 1. The van der Waals surface area contributed by atoms with Crippen molar-refractivity contribution in [2.45, 2.75) is 64.1 Å². The molecule has 1 aromatic rings. The summed E-state index contributed by atoms with van der Waals surface area (Å²) in [6, 6.07) is 6.41. The number of likely N-dealkylation sites (tertiary alicyclic amines) is 1. The van der Waals surface area contributed by atoms with Crippen LogP contribution in [0.25, 0.3) is 0 Å². The highest BCUT2D eigenvalue weighted by atomic mass is 127. The van der Waals surface area contributed by atoms with Crippen LogP contribution in [0, 0.1) is 5.82 Å². The summed E-state index contributed by atoms with van der Waals surface area (Å²) in [6.45, 7) is 7.58. The first kappa shape index (κ1) is 27.1. The van der Waals surface area contributed by atoms with E-state index in [4.69, 9.17) is 9.73 Å². The molecule has 0 unspecified atom stereocenters. The number of ether oxygens (including phenoxy) is 1. The van der Waals surface area contributed by atoms with Crippen LogP contribution in [0.1, 0.15) is 51.0 Å². The third-order valence-corrected chi connectivity index (χ3v) is 6.57. The van der Waals surface area contributed by atoms with Gasteiger partial charge in [0.2, 0.25) is 0 Å². The van der Waals surface area contributed by atoms with Crippen LogP contribution in [0.3, 0.4) is 0 Å². The highest BCUT2D eigenvalue weighted by Gasteiger charge is 2.21. The average Bonchev–Trinajstić information content (AvgIpc) is 3.30. The predicted molar refractivity (Wildman–Crippen MR) is 141 cm³/mol. The molecule has 0 radical (unpaired) electrons. The van der Waals surface area contributed by atoms with Crippen molar-refractivity contribution in [3.05, 3.63) is 29.6 Å². The van der Waals surface area contributed by atoms with Crippen molar-refractivity contribution in [2.24, 2.45) is 4.99 Å². The van der Waals surface area contributed by atoms with E-state index in [0.717, 1.165) is 69.7 Å². The van der Waals surface area contributed by atoms with Gasteiger partial charge < -0.3 is 20.3 Å². The van der Waals surface area contributed by atoms with E-state index in [0.29, 0.717) is 11.8 Å². The van der Waals surface area contributed by atoms with Crippen molar-refractivity contribution in [1.29, 1.82) is 0 Å². The molecule has 2 aliphatic rings. The fourth-order valence-electron chi connectivity index (χ4n) is 4.66. The topological polar surface area (TPSA) is 52.1 Å². The molecule has 1 aromatic carbocycles. The van der Waals surface area contributed by atoms with Gasteiger partial charge in [-0.05, 0) is 57.4 Å². The first-order chi connectivity index (χ1) is 15.1. The second kappa shape index (κ2) is 14.2. The summed E-state index contributed by atoms with van der Waals surface area (Å²) in [7, 11) is 3.73. The summed E-state index contributed by atoms with van der Waals surface area (Å²) < 4.78 is 19.0. The van der Waals surface area contributed by atoms with E-state index in [1.54, 1.807) is 12.1 Å². The van der Waals surface area contributed by atoms with E-state index < -0.39 is 0 Å². The SMILES string of the molecule is CCNC(=NCCN(C)C1CCCC1)NC1CCN(Cc2ccc(OC)c(F)c2)CC1.I. The Labute approximate surface area is 210 Å². The molecule has 1 saturated heterocycles. The maximum Gasteiger partial charge on any atom is 0.191 e. The molecule has 0 atom stereocenters. The van der Waals surface area contributed by atoms with Crippen LogP contribution in [-0.2, 0) is 6.54 Å². The number of nitrogens with one attached hydrogen (secondary N) is 2. The van der Waals surface area contributed by atoms with Gasteiger partial charge in [0.25, 0.3) is 0 Å². The molecule has 6 nitrogen and oxygen atoms in total. The Morgan fingerprint density at radius 2 is 1.94 bits per heavy atom. The van der Waals surface area contributed by atoms with E-state index in [2.05, 4.69) is 34.4 Å². The van der Waals surface area contributed by atoms with Crippen LogP contribution in [0.4, 0.5) is 4.39 Å². The molecular formula is C24H41FIN5O. The number of nitrogens with zero attached hydrogens (tertiary/aromatic N) is 3. The second-order valence-electron chi connectivity index (χ2n) is 8.84. The van der Waals surface area contributed by atoms with Crippen LogP contribution in [0.15, 0.2) is 23.2 Å². The molecule has 1 saturated carbocycles. The standard InChI is InChI=1S/C24H40FN5O.HI/c1-4-26-24(27-13-16-29(2)21-7-5-6-8-21)28-20-11-14-30(15-12-20)18-19-9-10-23(31-3)22(25)17-19;/h9-10,17,20-21H,4-8,11-16,18H2,1-3H3,(H2,26,27,28);1H. The predicted octanol–water partition coefficient (Wildman–Crippen LogP) is 3.85. The van der Waals surface area contributed by atoms with Gasteiger partial charge in [-0.2, -0.15) is 0 Å².